The highest BCUT2D eigenvalue weighted by Crippen LogP contribution is 2.28. The van der Waals surface area contributed by atoms with E-state index in [1.807, 2.05) is 24.3 Å². The van der Waals surface area contributed by atoms with Gasteiger partial charge in [0.1, 0.15) is 11.8 Å². The van der Waals surface area contributed by atoms with Crippen LogP contribution in [0.25, 0.3) is 0 Å². The van der Waals surface area contributed by atoms with Gasteiger partial charge in [0.05, 0.1) is 13.0 Å². The summed E-state index contributed by atoms with van der Waals surface area (Å²) in [6.07, 6.45) is 0.363. The first-order chi connectivity index (χ1) is 15.1. The predicted molar refractivity (Wildman–Crippen MR) is 123 cm³/mol. The molecule has 0 unspecified atom stereocenters. The molecule has 1 saturated heterocycles. The molecule has 6 nitrogen and oxygen atoms in total. The molecule has 1 aliphatic rings. The van der Waals surface area contributed by atoms with Crippen molar-refractivity contribution in [2.24, 2.45) is 5.92 Å². The molecule has 3 rings (SSSR count). The number of hydrogen-bond acceptors (Lipinski definition) is 4. The van der Waals surface area contributed by atoms with E-state index in [4.69, 9.17) is 4.74 Å². The second kappa shape index (κ2) is 9.55. The second-order valence-corrected chi connectivity index (χ2v) is 9.42. The molecule has 6 heteroatoms. The highest BCUT2D eigenvalue weighted by Gasteiger charge is 2.35. The molecular weight excluding hydrogens is 404 g/mol. The fraction of sp³-hybridized carbons (Fsp3) is 0.423. The number of ether oxygens (including phenoxy) is 1. The first kappa shape index (κ1) is 23.5. The molecule has 0 spiro atoms. The number of carbonyl (C=O) groups is 3. The number of benzene rings is 2. The lowest BCUT2D eigenvalue weighted by atomic mass is 9.86. The fourth-order valence-electron chi connectivity index (χ4n) is 4.03. The molecule has 170 valence electrons. The van der Waals surface area contributed by atoms with Crippen LogP contribution in [0.1, 0.15) is 49.9 Å². The van der Waals surface area contributed by atoms with Gasteiger partial charge in [-0.1, -0.05) is 57.2 Å². The van der Waals surface area contributed by atoms with Crippen LogP contribution >= 0.6 is 0 Å². The quantitative estimate of drug-likeness (QED) is 0.721. The van der Waals surface area contributed by atoms with Gasteiger partial charge in [-0.3, -0.25) is 14.4 Å². The summed E-state index contributed by atoms with van der Waals surface area (Å²) in [4.78, 5) is 39.7. The molecule has 2 aromatic carbocycles. The van der Waals surface area contributed by atoms with Crippen molar-refractivity contribution < 1.29 is 19.1 Å². The van der Waals surface area contributed by atoms with Gasteiger partial charge in [0.15, 0.2) is 5.78 Å². The summed E-state index contributed by atoms with van der Waals surface area (Å²) in [5.41, 5.74) is 2.86. The van der Waals surface area contributed by atoms with Gasteiger partial charge in [-0.15, -0.1) is 0 Å². The van der Waals surface area contributed by atoms with Crippen LogP contribution in [0.15, 0.2) is 48.5 Å². The fourth-order valence-corrected chi connectivity index (χ4v) is 4.03. The van der Waals surface area contributed by atoms with E-state index in [1.54, 1.807) is 26.3 Å². The van der Waals surface area contributed by atoms with Crippen molar-refractivity contribution in [2.75, 3.05) is 20.7 Å². The van der Waals surface area contributed by atoms with Crippen LogP contribution in [-0.4, -0.2) is 43.2 Å². The van der Waals surface area contributed by atoms with Crippen molar-refractivity contribution in [1.29, 1.82) is 0 Å². The maximum atomic E-state index is 13.5. The second-order valence-electron chi connectivity index (χ2n) is 9.42. The molecule has 0 saturated carbocycles. The number of methoxy groups -OCH3 is 1. The molecule has 32 heavy (non-hydrogen) atoms. The summed E-state index contributed by atoms with van der Waals surface area (Å²) in [5.74, 6) is -0.195. The zero-order chi connectivity index (χ0) is 23.5. The van der Waals surface area contributed by atoms with E-state index in [0.717, 1.165) is 11.1 Å². The number of Topliss-reactive ketones (excluding diaryl/α,β-unsaturated/α-hetero) is 1. The Labute approximate surface area is 189 Å². The number of likely N-dealkylation sites (N-methyl/N-ethyl adjacent to an activating group) is 1. The summed E-state index contributed by atoms with van der Waals surface area (Å²) in [6.45, 7) is 6.75. The summed E-state index contributed by atoms with van der Waals surface area (Å²) < 4.78 is 5.23. The van der Waals surface area contributed by atoms with E-state index < -0.39 is 12.0 Å². The number of rotatable bonds is 7. The van der Waals surface area contributed by atoms with Gasteiger partial charge >= 0.3 is 0 Å². The Morgan fingerprint density at radius 1 is 1.09 bits per heavy atom. The third-order valence-electron chi connectivity index (χ3n) is 6.00. The lowest BCUT2D eigenvalue weighted by Crippen LogP contribution is -2.40. The molecule has 1 heterocycles. The minimum atomic E-state index is -0.744. The van der Waals surface area contributed by atoms with Gasteiger partial charge in [0.25, 0.3) is 0 Å². The number of carbonyl (C=O) groups excluding carboxylic acids is 3. The van der Waals surface area contributed by atoms with Crippen LogP contribution in [0.3, 0.4) is 0 Å². The van der Waals surface area contributed by atoms with Gasteiger partial charge in [-0.2, -0.15) is 0 Å². The normalized spacial score (nSPS) is 16.9. The molecule has 2 atom stereocenters. The Hall–Kier alpha value is -3.15. The lowest BCUT2D eigenvalue weighted by molar-refractivity contribution is -0.141. The van der Waals surface area contributed by atoms with Crippen molar-refractivity contribution in [3.05, 3.63) is 65.2 Å². The average molecular weight is 437 g/mol. The molecule has 1 N–H and O–H groups in total. The third kappa shape index (κ3) is 5.36. The van der Waals surface area contributed by atoms with E-state index in [0.29, 0.717) is 12.3 Å². The SMILES string of the molecule is COc1ccc([C@H](C(=O)Cc2ccc(C(C)(C)C)cc2)N(C)C(=O)[C@H]2CNC(=O)C2)cc1. The molecule has 2 amide bonds. The standard InChI is InChI=1S/C26H32N2O4/c1-26(2,3)20-10-6-17(7-11-20)14-22(29)24(18-8-12-21(32-5)13-9-18)28(4)25(31)19-15-23(30)27-16-19/h6-13,19,24H,14-16H2,1-5H3,(H,27,30)/t19-,24-/m1/s1. The van der Waals surface area contributed by atoms with Gasteiger partial charge in [-0.25, -0.2) is 0 Å². The maximum Gasteiger partial charge on any atom is 0.228 e. The smallest absolute Gasteiger partial charge is 0.228 e. The van der Waals surface area contributed by atoms with Gasteiger partial charge in [0.2, 0.25) is 11.8 Å². The Morgan fingerprint density at radius 3 is 2.22 bits per heavy atom. The first-order valence-corrected chi connectivity index (χ1v) is 10.9. The van der Waals surface area contributed by atoms with Crippen molar-refractivity contribution in [1.82, 2.24) is 10.2 Å². The molecule has 2 aromatic rings. The molecule has 1 aliphatic heterocycles. The zero-order valence-corrected chi connectivity index (χ0v) is 19.5. The van der Waals surface area contributed by atoms with Gasteiger partial charge in [-0.05, 0) is 34.2 Å². The number of ketones is 1. The summed E-state index contributed by atoms with van der Waals surface area (Å²) >= 11 is 0. The Kier molecular flexibility index (Phi) is 7.02. The summed E-state index contributed by atoms with van der Waals surface area (Å²) in [7, 11) is 3.22. The molecule has 0 aromatic heterocycles. The van der Waals surface area contributed by atoms with Crippen LogP contribution in [-0.2, 0) is 26.2 Å². The van der Waals surface area contributed by atoms with E-state index in [2.05, 4.69) is 38.2 Å². The maximum absolute atomic E-state index is 13.5. The van der Waals surface area contributed by atoms with Crippen LogP contribution in [0.4, 0.5) is 0 Å². The van der Waals surface area contributed by atoms with Crippen LogP contribution in [0.5, 0.6) is 5.75 Å². The van der Waals surface area contributed by atoms with Crippen molar-refractivity contribution >= 4 is 17.6 Å². The summed E-state index contributed by atoms with van der Waals surface area (Å²) in [5, 5.41) is 2.70. The Bertz CT molecular complexity index is 974. The van der Waals surface area contributed by atoms with Gasteiger partial charge in [0, 0.05) is 26.4 Å². The van der Waals surface area contributed by atoms with Crippen LogP contribution in [0.2, 0.25) is 0 Å². The topological polar surface area (TPSA) is 75.7 Å². The minimum Gasteiger partial charge on any atom is -0.497 e. The Balaban J connectivity index is 1.86. The highest BCUT2D eigenvalue weighted by atomic mass is 16.5. The van der Waals surface area contributed by atoms with Crippen LogP contribution in [0, 0.1) is 5.92 Å². The lowest BCUT2D eigenvalue weighted by Gasteiger charge is -2.29. The van der Waals surface area contributed by atoms with Crippen molar-refractivity contribution in [3.63, 3.8) is 0 Å². The molecule has 0 radical (unpaired) electrons. The number of nitrogens with zero attached hydrogens (tertiary/aromatic N) is 1. The van der Waals surface area contributed by atoms with E-state index >= 15 is 0 Å². The minimum absolute atomic E-state index is 0.0353. The first-order valence-electron chi connectivity index (χ1n) is 10.9. The molecule has 0 bridgehead atoms. The Morgan fingerprint density at radius 2 is 1.72 bits per heavy atom. The zero-order valence-electron chi connectivity index (χ0n) is 19.5. The van der Waals surface area contributed by atoms with E-state index in [9.17, 15) is 14.4 Å². The average Bonchev–Trinajstić information content (AvgIpc) is 3.19. The van der Waals surface area contributed by atoms with Crippen molar-refractivity contribution in [2.45, 2.75) is 45.1 Å². The predicted octanol–water partition coefficient (Wildman–Crippen LogP) is 3.44. The number of amides is 2. The summed E-state index contributed by atoms with van der Waals surface area (Å²) in [6, 6.07) is 14.5. The molecule has 1 fully saturated rings. The van der Waals surface area contributed by atoms with Crippen LogP contribution < -0.4 is 10.1 Å². The monoisotopic (exact) mass is 436 g/mol. The highest BCUT2D eigenvalue weighted by molar-refractivity contribution is 5.94. The van der Waals surface area contributed by atoms with Crippen molar-refractivity contribution in [3.8, 4) is 5.75 Å². The van der Waals surface area contributed by atoms with E-state index in [1.165, 1.54) is 10.5 Å². The van der Waals surface area contributed by atoms with E-state index in [-0.39, 0.29) is 35.9 Å². The molecular formula is C26H32N2O4. The number of hydrogen-bond donors (Lipinski definition) is 1. The molecule has 0 aliphatic carbocycles. The number of nitrogens with one attached hydrogen (secondary N) is 1. The van der Waals surface area contributed by atoms with Gasteiger partial charge < -0.3 is 15.0 Å². The third-order valence-corrected chi connectivity index (χ3v) is 6.00. The largest absolute Gasteiger partial charge is 0.497 e.